The first kappa shape index (κ1) is 2.45. The van der Waals surface area contributed by atoms with Crippen molar-refractivity contribution in [1.82, 2.24) is 0 Å². The third-order valence-electron chi connectivity index (χ3n) is 0.143. The first-order valence-electron chi connectivity index (χ1n) is 1.63. The van der Waals surface area contributed by atoms with Gasteiger partial charge in [0.2, 0.25) is 0 Å². The van der Waals surface area contributed by atoms with Crippen molar-refractivity contribution in [2.75, 3.05) is 0 Å². The van der Waals surface area contributed by atoms with E-state index in [0.29, 0.717) is 0 Å². The average Bonchev–Trinajstić information content (AvgIpc) is 1.35. The summed E-state index contributed by atoms with van der Waals surface area (Å²) < 4.78 is 6.17. The fourth-order valence-corrected chi connectivity index (χ4v) is 0. The van der Waals surface area contributed by atoms with Gasteiger partial charge in [0.1, 0.15) is 0 Å². The van der Waals surface area contributed by atoms with Crippen LogP contribution in [0, 0.1) is 0 Å². The SMILES string of the molecule is [2H]/C=C/C(=O)O. The Morgan fingerprint density at radius 2 is 3.00 bits per heavy atom. The molecule has 0 fully saturated rings. The van der Waals surface area contributed by atoms with Crippen LogP contribution >= 0.6 is 0 Å². The lowest BCUT2D eigenvalue weighted by molar-refractivity contribution is -0.131. The van der Waals surface area contributed by atoms with Crippen LogP contribution in [0.4, 0.5) is 0 Å². The zero-order valence-corrected chi connectivity index (χ0v) is 2.51. The molecule has 0 aromatic heterocycles. The standard InChI is InChI=1S/C3H4O2/c1-2-3(4)5/h2H,1H2,(H,4,5)/i1D/b2-1+. The number of carbonyl (C=O) groups is 1. The van der Waals surface area contributed by atoms with Crippen molar-refractivity contribution >= 4 is 5.97 Å². The highest BCUT2D eigenvalue weighted by Crippen LogP contribution is 1.54. The summed E-state index contributed by atoms with van der Waals surface area (Å²) in [6.07, 6.45) is 0.750. The second-order valence-corrected chi connectivity index (χ2v) is 0.505. The van der Waals surface area contributed by atoms with Crippen molar-refractivity contribution in [1.29, 1.82) is 0 Å². The quantitative estimate of drug-likeness (QED) is 0.452. The molecule has 0 radical (unpaired) electrons. The highest BCUT2D eigenvalue weighted by molar-refractivity contribution is 5.78. The summed E-state index contributed by atoms with van der Waals surface area (Å²) >= 11 is 0. The highest BCUT2D eigenvalue weighted by atomic mass is 16.4. The van der Waals surface area contributed by atoms with E-state index in [0.717, 1.165) is 12.6 Å². The van der Waals surface area contributed by atoms with Gasteiger partial charge in [-0.3, -0.25) is 0 Å². The molecule has 0 aliphatic rings. The van der Waals surface area contributed by atoms with Gasteiger partial charge in [0.15, 0.2) is 0 Å². The van der Waals surface area contributed by atoms with E-state index in [-0.39, 0.29) is 0 Å². The van der Waals surface area contributed by atoms with E-state index in [1.807, 2.05) is 0 Å². The zero-order chi connectivity index (χ0) is 4.99. The fourth-order valence-electron chi connectivity index (χ4n) is 0. The van der Waals surface area contributed by atoms with Crippen LogP contribution in [-0.4, -0.2) is 11.1 Å². The van der Waals surface area contributed by atoms with Crippen molar-refractivity contribution < 1.29 is 11.3 Å². The van der Waals surface area contributed by atoms with Crippen LogP contribution in [0.5, 0.6) is 0 Å². The van der Waals surface area contributed by atoms with Crippen molar-refractivity contribution in [3.05, 3.63) is 12.6 Å². The van der Waals surface area contributed by atoms with Gasteiger partial charge in [0.25, 0.3) is 0 Å². The van der Waals surface area contributed by atoms with E-state index in [1.165, 1.54) is 0 Å². The smallest absolute Gasteiger partial charge is 0.327 e. The largest absolute Gasteiger partial charge is 0.478 e. The average molecular weight is 73.1 g/mol. The molecule has 0 atom stereocenters. The van der Waals surface area contributed by atoms with Crippen LogP contribution in [0.3, 0.4) is 0 Å². The summed E-state index contributed by atoms with van der Waals surface area (Å²) in [6, 6.07) is 0. The Bertz CT molecular complexity index is 76.9. The van der Waals surface area contributed by atoms with Crippen molar-refractivity contribution in [3.63, 3.8) is 0 Å². The van der Waals surface area contributed by atoms with Crippen molar-refractivity contribution in [3.8, 4) is 0 Å². The summed E-state index contributed by atoms with van der Waals surface area (Å²) in [6.45, 7) is 0.725. The normalized spacial score (nSPS) is 11.6. The van der Waals surface area contributed by atoms with Crippen LogP contribution in [0.25, 0.3) is 0 Å². The first-order chi connectivity index (χ1) is 2.77. The van der Waals surface area contributed by atoms with E-state index in [4.69, 9.17) is 6.48 Å². The van der Waals surface area contributed by atoms with E-state index in [9.17, 15) is 4.79 Å². The molecule has 0 aliphatic heterocycles. The molecule has 0 aromatic carbocycles. The minimum Gasteiger partial charge on any atom is -0.478 e. The summed E-state index contributed by atoms with van der Waals surface area (Å²) in [5, 5.41) is 7.71. The first-order valence-corrected chi connectivity index (χ1v) is 1.05. The van der Waals surface area contributed by atoms with E-state index in [1.54, 1.807) is 0 Å². The third-order valence-corrected chi connectivity index (χ3v) is 0.143. The number of rotatable bonds is 1. The molecule has 0 aliphatic carbocycles. The predicted octanol–water partition coefficient (Wildman–Crippen LogP) is 0.257. The maximum Gasteiger partial charge on any atom is 0.327 e. The van der Waals surface area contributed by atoms with Crippen LogP contribution in [0.1, 0.15) is 1.37 Å². The van der Waals surface area contributed by atoms with Crippen molar-refractivity contribution in [2.24, 2.45) is 0 Å². The molecule has 0 bridgehead atoms. The molecule has 0 rings (SSSR count). The molecule has 5 heavy (non-hydrogen) atoms. The molecule has 1 N–H and O–H groups in total. The molecule has 0 saturated carbocycles. The molecule has 0 saturated heterocycles. The summed E-state index contributed by atoms with van der Waals surface area (Å²) in [5.41, 5.74) is 0. The van der Waals surface area contributed by atoms with E-state index in [2.05, 4.69) is 0 Å². The topological polar surface area (TPSA) is 37.3 Å². The number of hydrogen-bond donors (Lipinski definition) is 1. The Kier molecular flexibility index (Phi) is 0.745. The summed E-state index contributed by atoms with van der Waals surface area (Å²) in [4.78, 5) is 9.39. The molecule has 0 spiro atoms. The number of hydrogen-bond acceptors (Lipinski definition) is 1. The Morgan fingerprint density at radius 1 is 2.40 bits per heavy atom. The monoisotopic (exact) mass is 73.0 g/mol. The van der Waals surface area contributed by atoms with E-state index >= 15 is 0 Å². The molecule has 28 valence electrons. The molecule has 2 nitrogen and oxygen atoms in total. The Balaban J connectivity index is 3.30. The predicted molar refractivity (Wildman–Crippen MR) is 17.8 cm³/mol. The highest BCUT2D eigenvalue weighted by Gasteiger charge is 1.73. The van der Waals surface area contributed by atoms with Gasteiger partial charge in [-0.2, -0.15) is 0 Å². The van der Waals surface area contributed by atoms with Crippen LogP contribution in [0.2, 0.25) is 0 Å². The zero-order valence-electron chi connectivity index (χ0n) is 3.51. The molecular formula is C3H4O2. The second kappa shape index (κ2) is 1.52. The third kappa shape index (κ3) is 3.21. The Morgan fingerprint density at radius 3 is 3.00 bits per heavy atom. The van der Waals surface area contributed by atoms with Gasteiger partial charge in [-0.1, -0.05) is 6.55 Å². The number of carboxylic acid groups (broad SMARTS) is 1. The maximum absolute atomic E-state index is 9.39. The van der Waals surface area contributed by atoms with Gasteiger partial charge >= 0.3 is 5.97 Å². The van der Waals surface area contributed by atoms with Gasteiger partial charge in [-0.05, 0) is 0 Å². The lowest BCUT2D eigenvalue weighted by atomic mass is 10.7. The minimum atomic E-state index is -1.08. The van der Waals surface area contributed by atoms with Gasteiger partial charge in [-0.15, -0.1) is 0 Å². The van der Waals surface area contributed by atoms with E-state index < -0.39 is 5.97 Å². The molecule has 0 amide bonds. The fraction of sp³-hybridized carbons (Fsp3) is 0. The maximum atomic E-state index is 9.39. The van der Waals surface area contributed by atoms with Crippen LogP contribution in [-0.2, 0) is 4.79 Å². The number of carboxylic acids is 1. The minimum absolute atomic E-state index is 0.725. The lowest BCUT2D eigenvalue weighted by Crippen LogP contribution is -1.82. The Hall–Kier alpha value is -0.790. The molecule has 0 unspecified atom stereocenters. The second-order valence-electron chi connectivity index (χ2n) is 0.505. The Labute approximate surface area is 31.1 Å². The summed E-state index contributed by atoms with van der Waals surface area (Å²) in [7, 11) is 0. The molecule has 2 heteroatoms. The molecular weight excluding hydrogens is 68.0 g/mol. The van der Waals surface area contributed by atoms with Crippen molar-refractivity contribution in [2.45, 2.75) is 0 Å². The molecule has 0 aromatic rings. The van der Waals surface area contributed by atoms with Gasteiger partial charge in [0, 0.05) is 6.08 Å². The van der Waals surface area contributed by atoms with Gasteiger partial charge in [0.05, 0.1) is 1.37 Å². The van der Waals surface area contributed by atoms with Crippen LogP contribution in [0.15, 0.2) is 12.6 Å². The lowest BCUT2D eigenvalue weighted by Gasteiger charge is -1.64. The molecule has 0 heterocycles. The van der Waals surface area contributed by atoms with Gasteiger partial charge in [-0.25, -0.2) is 4.79 Å². The van der Waals surface area contributed by atoms with Gasteiger partial charge < -0.3 is 5.11 Å². The summed E-state index contributed by atoms with van der Waals surface area (Å²) in [5.74, 6) is -1.08. The number of aliphatic carboxylic acids is 1. The van der Waals surface area contributed by atoms with Crippen LogP contribution < -0.4 is 0 Å².